The van der Waals surface area contributed by atoms with Gasteiger partial charge in [-0.25, -0.2) is 0 Å². The van der Waals surface area contributed by atoms with Crippen LogP contribution in [-0.4, -0.2) is 47.5 Å². The molecule has 1 rings (SSSR count). The highest BCUT2D eigenvalue weighted by Crippen LogP contribution is 2.23. The quantitative estimate of drug-likeness (QED) is 0.667. The maximum atomic E-state index is 9.13. The van der Waals surface area contributed by atoms with Crippen molar-refractivity contribution in [3.05, 3.63) is 35.4 Å². The van der Waals surface area contributed by atoms with Crippen LogP contribution in [0.2, 0.25) is 0 Å². The third-order valence-corrected chi connectivity index (χ3v) is 3.05. The summed E-state index contributed by atoms with van der Waals surface area (Å²) in [5.41, 5.74) is 8.39. The van der Waals surface area contributed by atoms with Gasteiger partial charge >= 0.3 is 0 Å². The second-order valence-electron chi connectivity index (χ2n) is 4.70. The second-order valence-corrected chi connectivity index (χ2v) is 4.70. The van der Waals surface area contributed by atoms with Crippen LogP contribution in [0.3, 0.4) is 0 Å². The summed E-state index contributed by atoms with van der Waals surface area (Å²) in [7, 11) is 0. The van der Waals surface area contributed by atoms with Gasteiger partial charge < -0.3 is 15.9 Å². The van der Waals surface area contributed by atoms with E-state index in [4.69, 9.17) is 15.9 Å². The molecule has 0 aliphatic carbocycles. The van der Waals surface area contributed by atoms with Gasteiger partial charge in [0.2, 0.25) is 0 Å². The van der Waals surface area contributed by atoms with Gasteiger partial charge in [0.15, 0.2) is 0 Å². The van der Waals surface area contributed by atoms with E-state index in [-0.39, 0.29) is 25.3 Å². The average Bonchev–Trinajstić information content (AvgIpc) is 2.29. The van der Waals surface area contributed by atoms with Crippen LogP contribution in [0.5, 0.6) is 0 Å². The maximum absolute atomic E-state index is 9.13. The van der Waals surface area contributed by atoms with E-state index >= 15 is 0 Å². The summed E-state index contributed by atoms with van der Waals surface area (Å²) in [4.78, 5) is 2.03. The Hall–Kier alpha value is -0.940. The molecule has 0 saturated heterocycles. The van der Waals surface area contributed by atoms with Gasteiger partial charge in [0.05, 0.1) is 13.2 Å². The van der Waals surface area contributed by atoms with Crippen LogP contribution in [0.4, 0.5) is 0 Å². The van der Waals surface area contributed by atoms with E-state index in [9.17, 15) is 0 Å². The van der Waals surface area contributed by atoms with E-state index in [0.717, 1.165) is 5.56 Å². The van der Waals surface area contributed by atoms with E-state index < -0.39 is 0 Å². The zero-order valence-corrected chi connectivity index (χ0v) is 11.2. The molecule has 4 N–H and O–H groups in total. The molecule has 0 aromatic heterocycles. The molecular weight excluding hydrogens is 228 g/mol. The number of nitrogens with zero attached hydrogens (tertiary/aromatic N) is 1. The first-order chi connectivity index (χ1) is 8.60. The van der Waals surface area contributed by atoms with E-state index in [1.54, 1.807) is 0 Å². The number of benzene rings is 1. The lowest BCUT2D eigenvalue weighted by Gasteiger charge is -2.34. The molecule has 0 heterocycles. The Morgan fingerprint density at radius 1 is 1.22 bits per heavy atom. The van der Waals surface area contributed by atoms with Crippen molar-refractivity contribution in [1.29, 1.82) is 0 Å². The molecule has 1 aromatic carbocycles. The summed E-state index contributed by atoms with van der Waals surface area (Å²) in [6.07, 6.45) is 0. The van der Waals surface area contributed by atoms with Gasteiger partial charge in [-0.2, -0.15) is 0 Å². The minimum Gasteiger partial charge on any atom is -0.395 e. The summed E-state index contributed by atoms with van der Waals surface area (Å²) in [5.74, 6) is 0. The monoisotopic (exact) mass is 252 g/mol. The third kappa shape index (κ3) is 4.07. The largest absolute Gasteiger partial charge is 0.395 e. The minimum atomic E-state index is -0.0649. The van der Waals surface area contributed by atoms with Crippen molar-refractivity contribution in [2.45, 2.75) is 25.9 Å². The van der Waals surface area contributed by atoms with Gasteiger partial charge in [-0.1, -0.05) is 29.8 Å². The highest BCUT2D eigenvalue weighted by molar-refractivity contribution is 5.26. The Morgan fingerprint density at radius 2 is 1.83 bits per heavy atom. The molecule has 102 valence electrons. The fourth-order valence-electron chi connectivity index (χ4n) is 2.35. The zero-order chi connectivity index (χ0) is 13.5. The van der Waals surface area contributed by atoms with Crippen LogP contribution in [0.1, 0.15) is 24.1 Å². The van der Waals surface area contributed by atoms with E-state index in [2.05, 4.69) is 6.07 Å². The Kier molecular flexibility index (Phi) is 6.29. The minimum absolute atomic E-state index is 0.0178. The average molecular weight is 252 g/mol. The molecular formula is C14H24N2O2. The number of aliphatic hydroxyl groups excluding tert-OH is 2. The Morgan fingerprint density at radius 3 is 2.28 bits per heavy atom. The summed E-state index contributed by atoms with van der Waals surface area (Å²) in [6, 6.07) is 8.16. The van der Waals surface area contributed by atoms with Gasteiger partial charge in [-0.05, 0) is 19.4 Å². The maximum Gasteiger partial charge on any atom is 0.0558 e. The highest BCUT2D eigenvalue weighted by Gasteiger charge is 2.23. The van der Waals surface area contributed by atoms with E-state index in [1.807, 2.05) is 36.9 Å². The number of hydrogen-bond acceptors (Lipinski definition) is 4. The molecule has 0 amide bonds. The Bertz CT molecular complexity index is 349. The van der Waals surface area contributed by atoms with Crippen molar-refractivity contribution in [2.24, 2.45) is 5.73 Å². The number of aryl methyl sites for hydroxylation is 1. The fraction of sp³-hybridized carbons (Fsp3) is 0.571. The Labute approximate surface area is 109 Å². The van der Waals surface area contributed by atoms with Crippen molar-refractivity contribution in [3.63, 3.8) is 0 Å². The van der Waals surface area contributed by atoms with Gasteiger partial charge in [0, 0.05) is 25.2 Å². The molecule has 2 atom stereocenters. The number of hydrogen-bond donors (Lipinski definition) is 3. The van der Waals surface area contributed by atoms with Gasteiger partial charge in [-0.3, -0.25) is 4.90 Å². The lowest BCUT2D eigenvalue weighted by atomic mass is 9.97. The fourth-order valence-corrected chi connectivity index (χ4v) is 2.35. The standard InChI is InChI=1S/C14H24N2O2/c1-11-4-3-5-13(10-11)14(12(2)15)16(6-8-17)7-9-18/h3-5,10,12,14,17-18H,6-9,15H2,1-2H3. The topological polar surface area (TPSA) is 69.7 Å². The zero-order valence-electron chi connectivity index (χ0n) is 11.2. The summed E-state index contributed by atoms with van der Waals surface area (Å²) < 4.78 is 0. The highest BCUT2D eigenvalue weighted by atomic mass is 16.3. The predicted octanol–water partition coefficient (Wildman–Crippen LogP) is 0.670. The van der Waals surface area contributed by atoms with Gasteiger partial charge in [-0.15, -0.1) is 0 Å². The first kappa shape index (κ1) is 15.1. The first-order valence-corrected chi connectivity index (χ1v) is 6.38. The molecule has 0 aliphatic rings. The molecule has 0 radical (unpaired) electrons. The molecule has 2 unspecified atom stereocenters. The van der Waals surface area contributed by atoms with Crippen molar-refractivity contribution < 1.29 is 10.2 Å². The lowest BCUT2D eigenvalue weighted by molar-refractivity contribution is 0.111. The third-order valence-electron chi connectivity index (χ3n) is 3.05. The molecule has 0 spiro atoms. The molecule has 1 aromatic rings. The molecule has 0 fully saturated rings. The van der Waals surface area contributed by atoms with E-state index in [0.29, 0.717) is 13.1 Å². The first-order valence-electron chi connectivity index (χ1n) is 6.38. The second kappa shape index (κ2) is 7.48. The lowest BCUT2D eigenvalue weighted by Crippen LogP contribution is -2.42. The number of rotatable bonds is 7. The summed E-state index contributed by atoms with van der Waals surface area (Å²) >= 11 is 0. The molecule has 18 heavy (non-hydrogen) atoms. The van der Waals surface area contributed by atoms with Crippen LogP contribution >= 0.6 is 0 Å². The van der Waals surface area contributed by atoms with Crippen molar-refractivity contribution in [1.82, 2.24) is 4.90 Å². The predicted molar refractivity (Wildman–Crippen MR) is 73.3 cm³/mol. The van der Waals surface area contributed by atoms with Crippen molar-refractivity contribution >= 4 is 0 Å². The van der Waals surface area contributed by atoms with Crippen LogP contribution < -0.4 is 5.73 Å². The van der Waals surface area contributed by atoms with Crippen molar-refractivity contribution in [2.75, 3.05) is 26.3 Å². The number of nitrogens with two attached hydrogens (primary N) is 1. The summed E-state index contributed by atoms with van der Waals surface area (Å²) in [6.45, 7) is 5.16. The molecule has 4 heteroatoms. The molecule has 0 saturated carbocycles. The SMILES string of the molecule is Cc1cccc(C(C(C)N)N(CCO)CCO)c1. The molecule has 0 aliphatic heterocycles. The van der Waals surface area contributed by atoms with Gasteiger partial charge in [0.25, 0.3) is 0 Å². The molecule has 0 bridgehead atoms. The van der Waals surface area contributed by atoms with Gasteiger partial charge in [0.1, 0.15) is 0 Å². The smallest absolute Gasteiger partial charge is 0.0558 e. The van der Waals surface area contributed by atoms with Crippen LogP contribution in [0.25, 0.3) is 0 Å². The Balaban J connectivity index is 2.99. The van der Waals surface area contributed by atoms with Crippen LogP contribution in [-0.2, 0) is 0 Å². The number of aliphatic hydroxyl groups is 2. The molecule has 4 nitrogen and oxygen atoms in total. The van der Waals surface area contributed by atoms with Crippen LogP contribution in [0.15, 0.2) is 24.3 Å². The van der Waals surface area contributed by atoms with Crippen LogP contribution in [0, 0.1) is 6.92 Å². The van der Waals surface area contributed by atoms with E-state index in [1.165, 1.54) is 5.56 Å². The van der Waals surface area contributed by atoms with Crippen molar-refractivity contribution in [3.8, 4) is 0 Å². The normalized spacial score (nSPS) is 14.8. The summed E-state index contributed by atoms with van der Waals surface area (Å²) in [5, 5.41) is 18.3.